The summed E-state index contributed by atoms with van der Waals surface area (Å²) in [6.07, 6.45) is 0.344. The highest BCUT2D eigenvalue weighted by molar-refractivity contribution is 5.81. The van der Waals surface area contributed by atoms with Crippen molar-refractivity contribution in [1.29, 1.82) is 0 Å². The van der Waals surface area contributed by atoms with Crippen molar-refractivity contribution in [1.82, 2.24) is 5.32 Å². The summed E-state index contributed by atoms with van der Waals surface area (Å²) in [5.41, 5.74) is 6.37. The van der Waals surface area contributed by atoms with Crippen LogP contribution in [0.2, 0.25) is 0 Å². The van der Waals surface area contributed by atoms with Gasteiger partial charge in [0.1, 0.15) is 0 Å². The van der Waals surface area contributed by atoms with Crippen molar-refractivity contribution in [2.24, 2.45) is 5.73 Å². The molecule has 5 nitrogen and oxygen atoms in total. The van der Waals surface area contributed by atoms with Crippen molar-refractivity contribution in [2.45, 2.75) is 31.8 Å². The lowest BCUT2D eigenvalue weighted by molar-refractivity contribution is -0.137. The fraction of sp³-hybridized carbons (Fsp3) is 0.385. The van der Waals surface area contributed by atoms with Crippen molar-refractivity contribution >= 4 is 11.9 Å². The van der Waals surface area contributed by atoms with Crippen LogP contribution in [0.3, 0.4) is 0 Å². The van der Waals surface area contributed by atoms with E-state index in [1.807, 2.05) is 30.3 Å². The summed E-state index contributed by atoms with van der Waals surface area (Å²) in [5.74, 6) is -1.17. The molecule has 18 heavy (non-hydrogen) atoms. The first-order valence-corrected chi connectivity index (χ1v) is 5.83. The van der Waals surface area contributed by atoms with Crippen LogP contribution in [0.25, 0.3) is 0 Å². The van der Waals surface area contributed by atoms with Crippen LogP contribution < -0.4 is 11.1 Å². The number of aliphatic carboxylic acids is 1. The third-order valence-corrected chi connectivity index (χ3v) is 2.58. The van der Waals surface area contributed by atoms with E-state index in [0.29, 0.717) is 6.42 Å². The number of nitrogens with two attached hydrogens (primary N) is 1. The molecule has 0 aromatic heterocycles. The number of benzene rings is 1. The molecule has 98 valence electrons. The fourth-order valence-electron chi connectivity index (χ4n) is 1.58. The summed E-state index contributed by atoms with van der Waals surface area (Å²) in [7, 11) is 0. The summed E-state index contributed by atoms with van der Waals surface area (Å²) in [6.45, 7) is 1.59. The number of carboxylic acid groups (broad SMARTS) is 1. The first kappa shape index (κ1) is 14.2. The first-order valence-electron chi connectivity index (χ1n) is 5.83. The number of rotatable bonds is 6. The second-order valence-corrected chi connectivity index (χ2v) is 4.19. The minimum absolute atomic E-state index is 0.00120. The minimum atomic E-state index is -0.883. The van der Waals surface area contributed by atoms with Gasteiger partial charge in [0.15, 0.2) is 0 Å². The van der Waals surface area contributed by atoms with E-state index in [1.54, 1.807) is 6.92 Å². The van der Waals surface area contributed by atoms with Crippen LogP contribution in [-0.2, 0) is 9.59 Å². The van der Waals surface area contributed by atoms with Gasteiger partial charge in [-0.2, -0.15) is 0 Å². The molecule has 4 N–H and O–H groups in total. The van der Waals surface area contributed by atoms with Gasteiger partial charge >= 0.3 is 5.97 Å². The third-order valence-electron chi connectivity index (χ3n) is 2.58. The van der Waals surface area contributed by atoms with Gasteiger partial charge in [-0.05, 0) is 18.9 Å². The minimum Gasteiger partial charge on any atom is -0.481 e. The van der Waals surface area contributed by atoms with Gasteiger partial charge in [-0.25, -0.2) is 0 Å². The predicted molar refractivity (Wildman–Crippen MR) is 67.8 cm³/mol. The average molecular weight is 250 g/mol. The Bertz CT molecular complexity index is 404. The molecular weight excluding hydrogens is 232 g/mol. The number of carbonyl (C=O) groups is 2. The number of nitrogens with one attached hydrogen (secondary N) is 1. The average Bonchev–Trinajstić information content (AvgIpc) is 2.34. The Morgan fingerprint density at radius 3 is 2.44 bits per heavy atom. The topological polar surface area (TPSA) is 92.4 Å². The fourth-order valence-corrected chi connectivity index (χ4v) is 1.58. The molecule has 1 aromatic carbocycles. The zero-order chi connectivity index (χ0) is 13.5. The highest BCUT2D eigenvalue weighted by Gasteiger charge is 2.17. The summed E-state index contributed by atoms with van der Waals surface area (Å²) < 4.78 is 0. The Balaban J connectivity index is 2.75. The Kier molecular flexibility index (Phi) is 5.32. The van der Waals surface area contributed by atoms with Crippen LogP contribution in [0.4, 0.5) is 0 Å². The van der Waals surface area contributed by atoms with Gasteiger partial charge in [0.05, 0.1) is 12.1 Å². The van der Waals surface area contributed by atoms with Gasteiger partial charge in [0.2, 0.25) is 5.91 Å². The van der Waals surface area contributed by atoms with E-state index >= 15 is 0 Å². The molecule has 0 aliphatic heterocycles. The van der Waals surface area contributed by atoms with E-state index < -0.39 is 12.0 Å². The largest absolute Gasteiger partial charge is 0.481 e. The predicted octanol–water partition coefficient (Wildman–Crippen LogP) is 1.06. The number of carbonyl (C=O) groups excluding carboxylic acids is 1. The summed E-state index contributed by atoms with van der Waals surface area (Å²) in [5, 5.41) is 11.5. The molecule has 1 rings (SSSR count). The Labute approximate surface area is 106 Å². The lowest BCUT2D eigenvalue weighted by atomic mass is 10.0. The van der Waals surface area contributed by atoms with E-state index in [-0.39, 0.29) is 18.4 Å². The van der Waals surface area contributed by atoms with Crippen LogP contribution in [-0.4, -0.2) is 23.0 Å². The standard InChI is InChI=1S/C13H18N2O3/c1-9(14)13(18)15-11(7-8-12(16)17)10-5-3-2-4-6-10/h2-6,9,11H,7-8,14H2,1H3,(H,15,18)(H,16,17)/t9-,11?/m1/s1. The van der Waals surface area contributed by atoms with E-state index in [0.717, 1.165) is 5.56 Å². The van der Waals surface area contributed by atoms with E-state index in [9.17, 15) is 9.59 Å². The van der Waals surface area contributed by atoms with E-state index in [4.69, 9.17) is 10.8 Å². The molecule has 0 heterocycles. The summed E-state index contributed by atoms with van der Waals surface area (Å²) >= 11 is 0. The third kappa shape index (κ3) is 4.55. The van der Waals surface area contributed by atoms with Crippen LogP contribution in [0.1, 0.15) is 31.4 Å². The van der Waals surface area contributed by atoms with Gasteiger partial charge in [-0.3, -0.25) is 9.59 Å². The van der Waals surface area contributed by atoms with Crippen molar-refractivity contribution in [3.63, 3.8) is 0 Å². The normalized spacial score (nSPS) is 13.7. The summed E-state index contributed by atoms with van der Waals surface area (Å²) in [4.78, 5) is 22.2. The second kappa shape index (κ2) is 6.76. The molecule has 1 amide bonds. The Morgan fingerprint density at radius 1 is 1.33 bits per heavy atom. The van der Waals surface area contributed by atoms with Crippen LogP contribution >= 0.6 is 0 Å². The lowest BCUT2D eigenvalue weighted by Gasteiger charge is -2.19. The van der Waals surface area contributed by atoms with Gasteiger partial charge in [-0.15, -0.1) is 0 Å². The highest BCUT2D eigenvalue weighted by Crippen LogP contribution is 2.18. The highest BCUT2D eigenvalue weighted by atomic mass is 16.4. The number of hydrogen-bond acceptors (Lipinski definition) is 3. The van der Waals surface area contributed by atoms with Crippen molar-refractivity contribution in [3.8, 4) is 0 Å². The Hall–Kier alpha value is -1.88. The second-order valence-electron chi connectivity index (χ2n) is 4.19. The molecule has 0 saturated heterocycles. The number of carboxylic acids is 1. The molecule has 5 heteroatoms. The first-order chi connectivity index (χ1) is 8.50. The molecule has 0 saturated carbocycles. The molecule has 1 aromatic rings. The van der Waals surface area contributed by atoms with Gasteiger partial charge in [0.25, 0.3) is 0 Å². The molecule has 0 bridgehead atoms. The van der Waals surface area contributed by atoms with Gasteiger partial charge < -0.3 is 16.2 Å². The quantitative estimate of drug-likeness (QED) is 0.703. The molecule has 0 spiro atoms. The molecule has 1 unspecified atom stereocenters. The van der Waals surface area contributed by atoms with Crippen LogP contribution in [0, 0.1) is 0 Å². The molecular formula is C13H18N2O3. The van der Waals surface area contributed by atoms with E-state index in [2.05, 4.69) is 5.32 Å². The molecule has 2 atom stereocenters. The molecule has 0 fully saturated rings. The molecule has 0 aliphatic rings. The lowest BCUT2D eigenvalue weighted by Crippen LogP contribution is -2.40. The number of amides is 1. The maximum Gasteiger partial charge on any atom is 0.303 e. The smallest absolute Gasteiger partial charge is 0.303 e. The zero-order valence-corrected chi connectivity index (χ0v) is 10.3. The number of hydrogen-bond donors (Lipinski definition) is 3. The van der Waals surface area contributed by atoms with Crippen molar-refractivity contribution in [3.05, 3.63) is 35.9 Å². The van der Waals surface area contributed by atoms with Crippen molar-refractivity contribution < 1.29 is 14.7 Å². The molecule has 0 aliphatic carbocycles. The van der Waals surface area contributed by atoms with E-state index in [1.165, 1.54) is 0 Å². The van der Waals surface area contributed by atoms with Gasteiger partial charge in [-0.1, -0.05) is 30.3 Å². The monoisotopic (exact) mass is 250 g/mol. The molecule has 0 radical (unpaired) electrons. The SMILES string of the molecule is C[C@@H](N)C(=O)NC(CCC(=O)O)c1ccccc1. The van der Waals surface area contributed by atoms with Crippen LogP contribution in [0.5, 0.6) is 0 Å². The zero-order valence-electron chi connectivity index (χ0n) is 10.3. The van der Waals surface area contributed by atoms with Gasteiger partial charge in [0, 0.05) is 6.42 Å². The Morgan fingerprint density at radius 2 is 1.94 bits per heavy atom. The van der Waals surface area contributed by atoms with Crippen molar-refractivity contribution in [2.75, 3.05) is 0 Å². The van der Waals surface area contributed by atoms with Crippen LogP contribution in [0.15, 0.2) is 30.3 Å². The summed E-state index contributed by atoms with van der Waals surface area (Å²) in [6, 6.07) is 8.34. The maximum absolute atomic E-state index is 11.6. The maximum atomic E-state index is 11.6.